The maximum absolute atomic E-state index is 11.6. The van der Waals surface area contributed by atoms with Gasteiger partial charge in [-0.25, -0.2) is 4.79 Å². The monoisotopic (exact) mass is 263 g/mol. The zero-order chi connectivity index (χ0) is 14.5. The molecule has 1 rings (SSSR count). The lowest BCUT2D eigenvalue weighted by atomic mass is 10.1. The van der Waals surface area contributed by atoms with Gasteiger partial charge in [-0.1, -0.05) is 25.5 Å². The van der Waals surface area contributed by atoms with Gasteiger partial charge in [0, 0.05) is 5.69 Å². The number of hydrogen-bond donors (Lipinski definition) is 1. The first-order chi connectivity index (χ1) is 8.81. The summed E-state index contributed by atoms with van der Waals surface area (Å²) in [5.41, 5.74) is 1.13. The number of ether oxygens (including phenoxy) is 1. The molecule has 0 unspecified atom stereocenters. The molecule has 0 saturated heterocycles. The highest BCUT2D eigenvalue weighted by Crippen LogP contribution is 2.12. The van der Waals surface area contributed by atoms with Crippen molar-refractivity contribution in [3.8, 4) is 0 Å². The van der Waals surface area contributed by atoms with E-state index in [2.05, 4.69) is 12.2 Å². The van der Waals surface area contributed by atoms with E-state index < -0.39 is 17.5 Å². The summed E-state index contributed by atoms with van der Waals surface area (Å²) in [4.78, 5) is 23.1. The maximum Gasteiger partial charge on any atom is 0.397 e. The second-order valence-electron chi connectivity index (χ2n) is 5.40. The van der Waals surface area contributed by atoms with Gasteiger partial charge in [0.15, 0.2) is 0 Å². The number of amides is 1. The van der Waals surface area contributed by atoms with Crippen molar-refractivity contribution in [1.82, 2.24) is 0 Å². The van der Waals surface area contributed by atoms with Gasteiger partial charge in [0.1, 0.15) is 5.60 Å². The first-order valence-electron chi connectivity index (χ1n) is 6.45. The average Bonchev–Trinajstić information content (AvgIpc) is 2.29. The van der Waals surface area contributed by atoms with Crippen LogP contribution in [0.1, 0.15) is 39.7 Å². The molecule has 0 aromatic heterocycles. The minimum absolute atomic E-state index is 0.593. The van der Waals surface area contributed by atoms with E-state index in [1.165, 1.54) is 5.56 Å². The number of rotatable bonds is 3. The quantitative estimate of drug-likeness (QED) is 0.674. The molecule has 0 aliphatic rings. The van der Waals surface area contributed by atoms with Crippen LogP contribution < -0.4 is 5.32 Å². The van der Waals surface area contributed by atoms with Crippen LogP contribution in [0, 0.1) is 0 Å². The Labute approximate surface area is 114 Å². The highest BCUT2D eigenvalue weighted by Gasteiger charge is 2.22. The van der Waals surface area contributed by atoms with E-state index in [1.807, 2.05) is 12.1 Å². The highest BCUT2D eigenvalue weighted by molar-refractivity contribution is 6.37. The number of hydrogen-bond acceptors (Lipinski definition) is 3. The van der Waals surface area contributed by atoms with Crippen molar-refractivity contribution in [3.63, 3.8) is 0 Å². The van der Waals surface area contributed by atoms with Gasteiger partial charge in [-0.3, -0.25) is 4.79 Å². The molecule has 0 atom stereocenters. The number of carbonyl (C=O) groups excluding carboxylic acids is 2. The standard InChI is InChI=1S/C15H21NO3/c1-5-6-11-7-9-12(10-8-11)16-13(17)14(18)19-15(2,3)4/h7-10H,5-6H2,1-4H3,(H,16,17). The van der Waals surface area contributed by atoms with Crippen LogP contribution in [0.3, 0.4) is 0 Å². The van der Waals surface area contributed by atoms with Gasteiger partial charge in [0.25, 0.3) is 0 Å². The topological polar surface area (TPSA) is 55.4 Å². The first-order valence-corrected chi connectivity index (χ1v) is 6.45. The molecule has 1 aromatic carbocycles. The van der Waals surface area contributed by atoms with Crippen LogP contribution in [0.4, 0.5) is 5.69 Å². The van der Waals surface area contributed by atoms with Gasteiger partial charge < -0.3 is 10.1 Å². The normalized spacial score (nSPS) is 10.9. The lowest BCUT2D eigenvalue weighted by molar-refractivity contribution is -0.161. The largest absolute Gasteiger partial charge is 0.453 e. The van der Waals surface area contributed by atoms with Crippen molar-refractivity contribution < 1.29 is 14.3 Å². The van der Waals surface area contributed by atoms with Crippen molar-refractivity contribution in [3.05, 3.63) is 29.8 Å². The summed E-state index contributed by atoms with van der Waals surface area (Å²) in [5, 5.41) is 2.52. The molecule has 4 nitrogen and oxygen atoms in total. The number of benzene rings is 1. The average molecular weight is 263 g/mol. The zero-order valence-corrected chi connectivity index (χ0v) is 11.9. The fraction of sp³-hybridized carbons (Fsp3) is 0.467. The fourth-order valence-corrected chi connectivity index (χ4v) is 1.55. The third-order valence-electron chi connectivity index (χ3n) is 2.33. The van der Waals surface area contributed by atoms with Gasteiger partial charge in [0.05, 0.1) is 0 Å². The molecule has 0 spiro atoms. The minimum atomic E-state index is -0.870. The lowest BCUT2D eigenvalue weighted by Crippen LogP contribution is -2.32. The smallest absolute Gasteiger partial charge is 0.397 e. The molecule has 1 amide bonds. The van der Waals surface area contributed by atoms with Crippen molar-refractivity contribution in [1.29, 1.82) is 0 Å². The SMILES string of the molecule is CCCc1ccc(NC(=O)C(=O)OC(C)(C)C)cc1. The number of aryl methyl sites for hydroxylation is 1. The van der Waals surface area contributed by atoms with Crippen LogP contribution in [0.2, 0.25) is 0 Å². The van der Waals surface area contributed by atoms with Gasteiger partial charge >= 0.3 is 11.9 Å². The molecule has 0 aliphatic heterocycles. The molecular formula is C15H21NO3. The van der Waals surface area contributed by atoms with Crippen LogP contribution in [0.25, 0.3) is 0 Å². The molecule has 4 heteroatoms. The van der Waals surface area contributed by atoms with Gasteiger partial charge in [-0.15, -0.1) is 0 Å². The van der Waals surface area contributed by atoms with Crippen molar-refractivity contribution in [2.24, 2.45) is 0 Å². The highest BCUT2D eigenvalue weighted by atomic mass is 16.6. The molecule has 0 saturated carbocycles. The lowest BCUT2D eigenvalue weighted by Gasteiger charge is -2.18. The molecule has 1 aromatic rings. The molecule has 1 N–H and O–H groups in total. The van der Waals surface area contributed by atoms with E-state index in [0.717, 1.165) is 12.8 Å². The first kappa shape index (κ1) is 15.2. The fourth-order valence-electron chi connectivity index (χ4n) is 1.55. The van der Waals surface area contributed by atoms with E-state index in [0.29, 0.717) is 5.69 Å². The Morgan fingerprint density at radius 2 is 1.74 bits per heavy atom. The van der Waals surface area contributed by atoms with E-state index in [4.69, 9.17) is 4.74 Å². The Morgan fingerprint density at radius 1 is 1.16 bits per heavy atom. The zero-order valence-electron chi connectivity index (χ0n) is 11.9. The van der Waals surface area contributed by atoms with Crippen molar-refractivity contribution in [2.45, 2.75) is 46.1 Å². The Bertz CT molecular complexity index is 443. The molecule has 0 heterocycles. The summed E-state index contributed by atoms with van der Waals surface area (Å²) < 4.78 is 4.98. The predicted octanol–water partition coefficient (Wildman–Crippen LogP) is 2.92. The summed E-state index contributed by atoms with van der Waals surface area (Å²) in [7, 11) is 0. The summed E-state index contributed by atoms with van der Waals surface area (Å²) in [6.45, 7) is 7.27. The number of carbonyl (C=O) groups is 2. The van der Waals surface area contributed by atoms with E-state index in [1.54, 1.807) is 32.9 Å². The number of anilines is 1. The minimum Gasteiger partial charge on any atom is -0.453 e. The molecule has 104 valence electrons. The summed E-state index contributed by atoms with van der Waals surface area (Å²) in [5.74, 6) is -1.62. The molecule has 0 bridgehead atoms. The Balaban J connectivity index is 2.59. The van der Waals surface area contributed by atoms with Gasteiger partial charge in [-0.05, 0) is 44.9 Å². The van der Waals surface area contributed by atoms with E-state index in [9.17, 15) is 9.59 Å². The van der Waals surface area contributed by atoms with Crippen LogP contribution in [0.5, 0.6) is 0 Å². The molecule has 0 radical (unpaired) electrons. The summed E-state index contributed by atoms with van der Waals surface area (Å²) >= 11 is 0. The van der Waals surface area contributed by atoms with E-state index in [-0.39, 0.29) is 0 Å². The van der Waals surface area contributed by atoms with Crippen molar-refractivity contribution in [2.75, 3.05) is 5.32 Å². The third kappa shape index (κ3) is 5.55. The summed E-state index contributed by atoms with van der Waals surface area (Å²) in [6.07, 6.45) is 2.07. The molecular weight excluding hydrogens is 242 g/mol. The van der Waals surface area contributed by atoms with E-state index >= 15 is 0 Å². The predicted molar refractivity (Wildman–Crippen MR) is 74.9 cm³/mol. The Kier molecular flexibility index (Phi) is 5.10. The second-order valence-corrected chi connectivity index (χ2v) is 5.40. The van der Waals surface area contributed by atoms with Gasteiger partial charge in [0.2, 0.25) is 0 Å². The maximum atomic E-state index is 11.6. The Hall–Kier alpha value is -1.84. The number of esters is 1. The summed E-state index contributed by atoms with van der Waals surface area (Å²) in [6, 6.07) is 7.45. The third-order valence-corrected chi connectivity index (χ3v) is 2.33. The van der Waals surface area contributed by atoms with Crippen molar-refractivity contribution >= 4 is 17.6 Å². The van der Waals surface area contributed by atoms with Crippen LogP contribution in [-0.2, 0) is 20.7 Å². The molecule has 0 aliphatic carbocycles. The van der Waals surface area contributed by atoms with Crippen LogP contribution in [0.15, 0.2) is 24.3 Å². The van der Waals surface area contributed by atoms with Crippen LogP contribution in [-0.4, -0.2) is 17.5 Å². The molecule has 0 fully saturated rings. The second kappa shape index (κ2) is 6.36. The van der Waals surface area contributed by atoms with Crippen LogP contribution >= 0.6 is 0 Å². The number of nitrogens with one attached hydrogen (secondary N) is 1. The molecule has 19 heavy (non-hydrogen) atoms. The Morgan fingerprint density at radius 3 is 2.21 bits per heavy atom. The van der Waals surface area contributed by atoms with Gasteiger partial charge in [-0.2, -0.15) is 0 Å².